The zero-order valence-electron chi connectivity index (χ0n) is 29.2. The normalized spacial score (nSPS) is 12.4. The van der Waals surface area contributed by atoms with E-state index in [1.165, 1.54) is 79.0 Å². The highest BCUT2D eigenvalue weighted by Crippen LogP contribution is 2.46. The van der Waals surface area contributed by atoms with Gasteiger partial charge in [-0.1, -0.05) is 109 Å². The minimum absolute atomic E-state index is 0.741. The van der Waals surface area contributed by atoms with E-state index < -0.39 is 0 Å². The van der Waals surface area contributed by atoms with Crippen molar-refractivity contribution in [3.63, 3.8) is 0 Å². The maximum atomic E-state index is 5.33. The number of rotatable bonds is 3. The lowest BCUT2D eigenvalue weighted by atomic mass is 10.00. The van der Waals surface area contributed by atoms with E-state index in [2.05, 4.69) is 168 Å². The molecule has 4 aromatic heterocycles. The molecule has 4 heterocycles. The van der Waals surface area contributed by atoms with Crippen LogP contribution in [0.15, 0.2) is 164 Å². The molecule has 0 atom stereocenters. The van der Waals surface area contributed by atoms with Crippen molar-refractivity contribution in [3.8, 4) is 28.3 Å². The Morgan fingerprint density at radius 1 is 0.400 bits per heavy atom. The second-order valence-electron chi connectivity index (χ2n) is 14.5. The fourth-order valence-corrected chi connectivity index (χ4v) is 11.3. The third-order valence-corrected chi connectivity index (χ3v) is 13.8. The molecule has 3 nitrogen and oxygen atoms in total. The molecule has 0 saturated carbocycles. The predicted molar refractivity (Wildman–Crippen MR) is 237 cm³/mol. The van der Waals surface area contributed by atoms with E-state index >= 15 is 0 Å². The van der Waals surface area contributed by atoms with E-state index in [-0.39, 0.29) is 0 Å². The quantitative estimate of drug-likeness (QED) is 0.181. The first kappa shape index (κ1) is 29.8. The van der Waals surface area contributed by atoms with Crippen molar-refractivity contribution in [2.45, 2.75) is 0 Å². The van der Waals surface area contributed by atoms with Crippen LogP contribution >= 0.6 is 22.7 Å². The van der Waals surface area contributed by atoms with Crippen molar-refractivity contribution < 1.29 is 0 Å². The molecule has 13 rings (SSSR count). The van der Waals surface area contributed by atoms with Gasteiger partial charge >= 0.3 is 0 Å². The highest BCUT2D eigenvalue weighted by atomic mass is 32.1. The van der Waals surface area contributed by atoms with Crippen molar-refractivity contribution in [2.24, 2.45) is 0 Å². The molecule has 0 fully saturated rings. The highest BCUT2D eigenvalue weighted by molar-refractivity contribution is 7.26. The lowest BCUT2D eigenvalue weighted by Crippen LogP contribution is -1.95. The minimum atomic E-state index is 0.741. The average Bonchev–Trinajstić information content (AvgIpc) is 3.74. The summed E-state index contributed by atoms with van der Waals surface area (Å²) in [6, 6.07) is 59.9. The van der Waals surface area contributed by atoms with E-state index in [4.69, 9.17) is 9.97 Å². The first-order chi connectivity index (χ1) is 27.2. The van der Waals surface area contributed by atoms with Gasteiger partial charge in [0.25, 0.3) is 0 Å². The van der Waals surface area contributed by atoms with Gasteiger partial charge in [-0.2, -0.15) is 0 Å². The summed E-state index contributed by atoms with van der Waals surface area (Å²) < 4.78 is 7.44. The Morgan fingerprint density at radius 2 is 0.982 bits per heavy atom. The largest absolute Gasteiger partial charge is 0.309 e. The van der Waals surface area contributed by atoms with Gasteiger partial charge in [-0.3, -0.25) is 0 Å². The van der Waals surface area contributed by atoms with Crippen LogP contribution < -0.4 is 0 Å². The Morgan fingerprint density at radius 3 is 1.78 bits per heavy atom. The molecule has 254 valence electrons. The fourth-order valence-electron chi connectivity index (χ4n) is 9.01. The topological polar surface area (TPSA) is 30.7 Å². The Bertz CT molecular complexity index is 3630. The smallest absolute Gasteiger partial charge is 0.160 e. The summed E-state index contributed by atoms with van der Waals surface area (Å²) in [5.41, 5.74) is 7.73. The molecule has 9 aromatic carbocycles. The molecule has 0 amide bonds. The first-order valence-corrected chi connectivity index (χ1v) is 20.2. The van der Waals surface area contributed by atoms with Gasteiger partial charge in [-0.25, -0.2) is 9.97 Å². The van der Waals surface area contributed by atoms with E-state index in [0.717, 1.165) is 43.9 Å². The molecule has 0 aliphatic carbocycles. The number of fused-ring (bicyclic) bond motifs is 5. The minimum Gasteiger partial charge on any atom is -0.309 e. The number of hydrogen-bond donors (Lipinski definition) is 0. The van der Waals surface area contributed by atoms with Gasteiger partial charge < -0.3 is 4.57 Å². The Hall–Kier alpha value is -6.66. The van der Waals surface area contributed by atoms with Crippen LogP contribution in [0.5, 0.6) is 0 Å². The molecule has 0 spiro atoms. The lowest BCUT2D eigenvalue weighted by molar-refractivity contribution is 1.19. The molecule has 0 saturated heterocycles. The van der Waals surface area contributed by atoms with Crippen LogP contribution in [0.4, 0.5) is 0 Å². The second kappa shape index (κ2) is 11.0. The van der Waals surface area contributed by atoms with Crippen LogP contribution in [0, 0.1) is 0 Å². The van der Waals surface area contributed by atoms with E-state index in [9.17, 15) is 0 Å². The number of thiophene rings is 1. The Balaban J connectivity index is 1.01. The summed E-state index contributed by atoms with van der Waals surface area (Å²) in [6.45, 7) is 0. The molecular weight excluding hydrogens is 707 g/mol. The van der Waals surface area contributed by atoms with Crippen LogP contribution in [0.3, 0.4) is 0 Å². The predicted octanol–water partition coefficient (Wildman–Crippen LogP) is 14.5. The summed E-state index contributed by atoms with van der Waals surface area (Å²) in [5.74, 6) is 0.741. The van der Waals surface area contributed by atoms with Crippen molar-refractivity contribution in [1.82, 2.24) is 14.5 Å². The SMILES string of the molecule is c1ccc2cc(-c3nc(-c4ccc5cc(-n6c7ccc8cccc9sc%10cccc%11ccc6c(c%11%10)c7c89)ccc5c4)nc4c3sc3ccccc34)ccc2c1. The van der Waals surface area contributed by atoms with Gasteiger partial charge in [0.2, 0.25) is 0 Å². The molecular formula is C50H27N3S2. The molecule has 0 aliphatic rings. The van der Waals surface area contributed by atoms with Crippen LogP contribution in [-0.2, 0) is 0 Å². The summed E-state index contributed by atoms with van der Waals surface area (Å²) in [7, 11) is 0. The summed E-state index contributed by atoms with van der Waals surface area (Å²) in [6.07, 6.45) is 0. The second-order valence-corrected chi connectivity index (χ2v) is 16.7. The zero-order valence-corrected chi connectivity index (χ0v) is 30.9. The van der Waals surface area contributed by atoms with Gasteiger partial charge in [-0.05, 0) is 86.9 Å². The van der Waals surface area contributed by atoms with Gasteiger partial charge in [-0.15, -0.1) is 22.7 Å². The standard InChI is InChI=1S/C50H27N3S2/c1-2-8-31-25-34(17-15-28(31)7-1)47-49-48(37-11-3-4-12-40(37)55-49)52-50(51-47)35-18-16-33-27-36(22-19-32(33)26-35)53-38-23-20-29-9-5-13-41-43(29)45(38)46-39(53)24-21-30-10-6-14-42(54-41)44(30)46/h1-27H. The molecule has 5 heteroatoms. The van der Waals surface area contributed by atoms with Crippen LogP contribution in [0.25, 0.3) is 123 Å². The fraction of sp³-hybridized carbons (Fsp3) is 0. The highest BCUT2D eigenvalue weighted by Gasteiger charge is 2.21. The zero-order chi connectivity index (χ0) is 35.8. The third kappa shape index (κ3) is 4.19. The van der Waals surface area contributed by atoms with Gasteiger partial charge in [0.15, 0.2) is 5.82 Å². The van der Waals surface area contributed by atoms with Gasteiger partial charge in [0.1, 0.15) is 0 Å². The van der Waals surface area contributed by atoms with Crippen molar-refractivity contribution in [1.29, 1.82) is 0 Å². The first-order valence-electron chi connectivity index (χ1n) is 18.6. The molecule has 0 radical (unpaired) electrons. The monoisotopic (exact) mass is 733 g/mol. The van der Waals surface area contributed by atoms with Crippen molar-refractivity contribution in [2.75, 3.05) is 0 Å². The van der Waals surface area contributed by atoms with E-state index in [1.54, 1.807) is 11.3 Å². The summed E-state index contributed by atoms with van der Waals surface area (Å²) in [5, 5.41) is 13.9. The molecule has 13 aromatic rings. The molecule has 0 aliphatic heterocycles. The lowest BCUT2D eigenvalue weighted by Gasteiger charge is -2.12. The van der Waals surface area contributed by atoms with Gasteiger partial charge in [0.05, 0.1) is 26.9 Å². The Labute approximate surface area is 322 Å². The van der Waals surface area contributed by atoms with Gasteiger partial charge in [0, 0.05) is 57.8 Å². The van der Waals surface area contributed by atoms with Crippen molar-refractivity contribution >= 4 is 117 Å². The maximum absolute atomic E-state index is 5.33. The summed E-state index contributed by atoms with van der Waals surface area (Å²) in [4.78, 5) is 10.6. The summed E-state index contributed by atoms with van der Waals surface area (Å²) >= 11 is 3.67. The van der Waals surface area contributed by atoms with Crippen molar-refractivity contribution in [3.05, 3.63) is 164 Å². The molecule has 55 heavy (non-hydrogen) atoms. The average molecular weight is 734 g/mol. The van der Waals surface area contributed by atoms with E-state index in [1.807, 2.05) is 11.3 Å². The van der Waals surface area contributed by atoms with Crippen LogP contribution in [-0.4, -0.2) is 14.5 Å². The maximum Gasteiger partial charge on any atom is 0.160 e. The number of hydrogen-bond acceptors (Lipinski definition) is 4. The number of nitrogens with zero attached hydrogens (tertiary/aromatic N) is 3. The van der Waals surface area contributed by atoms with Crippen LogP contribution in [0.2, 0.25) is 0 Å². The molecule has 0 unspecified atom stereocenters. The third-order valence-electron chi connectivity index (χ3n) is 11.5. The number of aromatic nitrogens is 3. The molecule has 0 N–H and O–H groups in total. The Kier molecular flexibility index (Phi) is 5.93. The van der Waals surface area contributed by atoms with Crippen LogP contribution in [0.1, 0.15) is 0 Å². The van der Waals surface area contributed by atoms with E-state index in [0.29, 0.717) is 0 Å². The number of benzene rings is 9. The molecule has 0 bridgehead atoms.